The molecule has 1 amide bonds. The first-order valence-electron chi connectivity index (χ1n) is 10.4. The van der Waals surface area contributed by atoms with Crippen molar-refractivity contribution < 1.29 is 27.5 Å². The molecule has 0 fully saturated rings. The maximum atomic E-state index is 13.4. The zero-order valence-corrected chi connectivity index (χ0v) is 20.3. The maximum absolute atomic E-state index is 13.4. The molecule has 0 saturated heterocycles. The Morgan fingerprint density at radius 3 is 2.44 bits per heavy atom. The third-order valence-electron chi connectivity index (χ3n) is 4.98. The molecule has 2 rings (SSSR count). The molecular weight excluding hydrogens is 471 g/mol. The van der Waals surface area contributed by atoms with E-state index in [9.17, 15) is 23.1 Å². The number of aliphatic imine (C=N–C) groups is 2. The summed E-state index contributed by atoms with van der Waals surface area (Å²) < 4.78 is 48.4. The number of nitrogens with two attached hydrogens (primary N) is 1. The molecular formula is C22H28F3N5O3S. The van der Waals surface area contributed by atoms with Crippen LogP contribution < -0.4 is 10.5 Å². The Bertz CT molecular complexity index is 1090. The number of nitrogens with zero attached hydrogens (tertiary/aromatic N) is 3. The molecule has 0 aliphatic carbocycles. The van der Waals surface area contributed by atoms with Crippen LogP contribution in [0.15, 0.2) is 38.9 Å². The third-order valence-corrected chi connectivity index (χ3v) is 5.19. The molecule has 0 saturated carbocycles. The second kappa shape index (κ2) is 10.9. The van der Waals surface area contributed by atoms with Gasteiger partial charge in [-0.3, -0.25) is 9.79 Å². The molecule has 1 aromatic heterocycles. The number of rotatable bonds is 6. The zero-order chi connectivity index (χ0) is 25.8. The van der Waals surface area contributed by atoms with Gasteiger partial charge in [-0.2, -0.15) is 13.2 Å². The van der Waals surface area contributed by atoms with Gasteiger partial charge in [0.2, 0.25) is 0 Å². The van der Waals surface area contributed by atoms with Crippen LogP contribution in [0.2, 0.25) is 0 Å². The molecule has 0 radical (unpaired) electrons. The number of alkyl halides is 3. The van der Waals surface area contributed by atoms with Crippen LogP contribution in [0.4, 0.5) is 18.9 Å². The first-order valence-corrected chi connectivity index (χ1v) is 10.8. The SMILES string of the molecule is CC[C@@H](N=C(NS)C(N)=Nc1ccc(C(F)(F)F)c(C(=O)N(C)C)c1O)c1cc(C(C)C)co1. The molecule has 186 valence electrons. The lowest BCUT2D eigenvalue weighted by atomic mass is 10.0. The topological polar surface area (TPSA) is 116 Å². The number of amides is 1. The summed E-state index contributed by atoms with van der Waals surface area (Å²) in [6.07, 6.45) is -2.67. The van der Waals surface area contributed by atoms with Crippen LogP contribution in [0.3, 0.4) is 0 Å². The Kier molecular flexibility index (Phi) is 8.65. The summed E-state index contributed by atoms with van der Waals surface area (Å²) in [4.78, 5) is 21.8. The van der Waals surface area contributed by atoms with Crippen LogP contribution >= 0.6 is 12.8 Å². The van der Waals surface area contributed by atoms with Gasteiger partial charge in [-0.05, 0) is 36.1 Å². The van der Waals surface area contributed by atoms with Crippen molar-refractivity contribution in [3.63, 3.8) is 0 Å². The van der Waals surface area contributed by atoms with Crippen LogP contribution in [-0.4, -0.2) is 41.7 Å². The smallest absolute Gasteiger partial charge is 0.417 e. The zero-order valence-electron chi connectivity index (χ0n) is 19.4. The van der Waals surface area contributed by atoms with Crippen molar-refractivity contribution in [2.45, 2.75) is 45.3 Å². The molecule has 1 atom stereocenters. The van der Waals surface area contributed by atoms with E-state index in [2.05, 4.69) is 27.5 Å². The lowest BCUT2D eigenvalue weighted by molar-refractivity contribution is -0.138. The Balaban J connectivity index is 2.53. The number of aromatic hydroxyl groups is 1. The van der Waals surface area contributed by atoms with E-state index in [1.54, 1.807) is 6.26 Å². The van der Waals surface area contributed by atoms with Gasteiger partial charge >= 0.3 is 6.18 Å². The average molecular weight is 500 g/mol. The second-order valence-electron chi connectivity index (χ2n) is 8.00. The van der Waals surface area contributed by atoms with Crippen molar-refractivity contribution >= 4 is 36.1 Å². The van der Waals surface area contributed by atoms with E-state index in [0.29, 0.717) is 18.2 Å². The minimum atomic E-state index is -4.86. The largest absolute Gasteiger partial charge is 0.505 e. The second-order valence-corrected chi connectivity index (χ2v) is 8.22. The highest BCUT2D eigenvalue weighted by molar-refractivity contribution is 7.78. The molecule has 4 N–H and O–H groups in total. The number of carbonyl (C=O) groups excluding carboxylic acids is 1. The van der Waals surface area contributed by atoms with Crippen molar-refractivity contribution in [2.24, 2.45) is 15.7 Å². The van der Waals surface area contributed by atoms with Crippen molar-refractivity contribution in [1.29, 1.82) is 0 Å². The van der Waals surface area contributed by atoms with Crippen molar-refractivity contribution in [3.05, 3.63) is 46.9 Å². The van der Waals surface area contributed by atoms with Gasteiger partial charge in [0.1, 0.15) is 17.5 Å². The fourth-order valence-electron chi connectivity index (χ4n) is 3.04. The number of amidine groups is 2. The Morgan fingerprint density at radius 1 is 1.32 bits per heavy atom. The van der Waals surface area contributed by atoms with Crippen LogP contribution in [0, 0.1) is 0 Å². The Morgan fingerprint density at radius 2 is 1.97 bits per heavy atom. The fourth-order valence-corrected chi connectivity index (χ4v) is 3.21. The molecule has 0 aliphatic heterocycles. The van der Waals surface area contributed by atoms with Gasteiger partial charge in [0.05, 0.1) is 17.4 Å². The third kappa shape index (κ3) is 6.04. The summed E-state index contributed by atoms with van der Waals surface area (Å²) in [6.45, 7) is 5.93. The molecule has 0 aliphatic rings. The highest BCUT2D eigenvalue weighted by atomic mass is 32.1. The van der Waals surface area contributed by atoms with Crippen LogP contribution in [0.1, 0.15) is 66.4 Å². The summed E-state index contributed by atoms with van der Waals surface area (Å²) >= 11 is 4.00. The van der Waals surface area contributed by atoms with E-state index in [0.717, 1.165) is 16.5 Å². The first-order chi connectivity index (χ1) is 15.8. The predicted molar refractivity (Wildman–Crippen MR) is 128 cm³/mol. The number of furan rings is 1. The van der Waals surface area contributed by atoms with E-state index in [1.165, 1.54) is 14.1 Å². The van der Waals surface area contributed by atoms with Crippen LogP contribution in [0.5, 0.6) is 5.75 Å². The molecule has 0 unspecified atom stereocenters. The number of hydrogen-bond acceptors (Lipinski definition) is 6. The Labute approximate surface area is 201 Å². The van der Waals surface area contributed by atoms with Gasteiger partial charge in [0, 0.05) is 14.1 Å². The van der Waals surface area contributed by atoms with Crippen LogP contribution in [-0.2, 0) is 6.18 Å². The minimum Gasteiger partial charge on any atom is -0.505 e. The van der Waals surface area contributed by atoms with Crippen molar-refractivity contribution in [3.8, 4) is 5.75 Å². The number of thiol groups is 1. The fraction of sp³-hybridized carbons (Fsp3) is 0.409. The first kappa shape index (κ1) is 27.1. The molecule has 2 aromatic rings. The predicted octanol–water partition coefficient (Wildman–Crippen LogP) is 4.80. The molecule has 12 heteroatoms. The molecule has 1 heterocycles. The van der Waals surface area contributed by atoms with E-state index >= 15 is 0 Å². The summed E-state index contributed by atoms with van der Waals surface area (Å²) in [5.41, 5.74) is 4.48. The van der Waals surface area contributed by atoms with Gasteiger partial charge in [-0.1, -0.05) is 33.6 Å². The number of benzene rings is 1. The van der Waals surface area contributed by atoms with Gasteiger partial charge < -0.3 is 24.9 Å². The monoisotopic (exact) mass is 499 g/mol. The lowest BCUT2D eigenvalue weighted by Crippen LogP contribution is -2.32. The normalized spacial score (nSPS) is 13.8. The van der Waals surface area contributed by atoms with Crippen molar-refractivity contribution in [1.82, 2.24) is 9.62 Å². The van der Waals surface area contributed by atoms with E-state index in [4.69, 9.17) is 10.2 Å². The average Bonchev–Trinajstić information content (AvgIpc) is 3.24. The number of carbonyl (C=O) groups is 1. The number of nitrogens with one attached hydrogen (secondary N) is 1. The molecule has 0 spiro atoms. The molecule has 34 heavy (non-hydrogen) atoms. The standard InChI is InChI=1S/C22H28F3N5O3S/c1-6-14(16-9-12(10-33-16)11(2)3)28-20(29-34)19(26)27-15-8-7-13(22(23,24)25)17(18(15)31)21(32)30(4)5/h7-11,14,31,34H,6H2,1-5H3,(H2,26,27)(H,28,29)/t14-/m1/s1. The van der Waals surface area contributed by atoms with E-state index in [-0.39, 0.29) is 23.3 Å². The molecule has 8 nitrogen and oxygen atoms in total. The molecule has 1 aromatic carbocycles. The maximum Gasteiger partial charge on any atom is 0.417 e. The summed E-state index contributed by atoms with van der Waals surface area (Å²) in [5, 5.41) is 10.5. The lowest BCUT2D eigenvalue weighted by Gasteiger charge is -2.18. The van der Waals surface area contributed by atoms with E-state index < -0.39 is 35.0 Å². The minimum absolute atomic E-state index is 0.0115. The number of halogens is 3. The quantitative estimate of drug-likeness (QED) is 0.259. The highest BCUT2D eigenvalue weighted by Crippen LogP contribution is 2.41. The summed E-state index contributed by atoms with van der Waals surface area (Å²) in [7, 11) is 2.54. The summed E-state index contributed by atoms with van der Waals surface area (Å²) in [6, 6.07) is 3.03. The van der Waals surface area contributed by atoms with Gasteiger partial charge in [-0.15, -0.1) is 0 Å². The Hall–Kier alpha value is -3.15. The van der Waals surface area contributed by atoms with Crippen molar-refractivity contribution in [2.75, 3.05) is 14.1 Å². The van der Waals surface area contributed by atoms with Gasteiger partial charge in [0.25, 0.3) is 5.91 Å². The number of hydrogen-bond donors (Lipinski definition) is 4. The van der Waals surface area contributed by atoms with Gasteiger partial charge in [-0.25, -0.2) is 4.99 Å². The summed E-state index contributed by atoms with van der Waals surface area (Å²) in [5.74, 6) is -1.38. The molecule has 0 bridgehead atoms. The van der Waals surface area contributed by atoms with Crippen LogP contribution in [0.25, 0.3) is 0 Å². The number of phenols is 1. The van der Waals surface area contributed by atoms with Gasteiger partial charge in [0.15, 0.2) is 17.4 Å². The number of phenolic OH excluding ortho intramolecular Hbond substituents is 1. The highest BCUT2D eigenvalue weighted by Gasteiger charge is 2.38. The van der Waals surface area contributed by atoms with E-state index in [1.807, 2.05) is 26.8 Å².